The number of anilines is 1. The van der Waals surface area contributed by atoms with Crippen LogP contribution in [-0.2, 0) is 0 Å². The van der Waals surface area contributed by atoms with E-state index in [0.29, 0.717) is 16.0 Å². The van der Waals surface area contributed by atoms with Crippen LogP contribution in [0.4, 0.5) is 14.5 Å². The molecular weight excluding hydrogens is 366 g/mol. The third-order valence-electron chi connectivity index (χ3n) is 4.50. The van der Waals surface area contributed by atoms with Gasteiger partial charge in [-0.2, -0.15) is 0 Å². The molecule has 3 nitrogen and oxygen atoms in total. The maximum Gasteiger partial charge on any atom is 0.153 e. The Morgan fingerprint density at radius 3 is 2.83 bits per heavy atom. The molecule has 2 aromatic carbocycles. The molecule has 0 spiro atoms. The molecule has 23 heavy (non-hydrogen) atoms. The van der Waals surface area contributed by atoms with E-state index in [1.54, 1.807) is 12.1 Å². The number of benzene rings is 2. The van der Waals surface area contributed by atoms with Gasteiger partial charge in [-0.25, -0.2) is 8.78 Å². The smallest absolute Gasteiger partial charge is 0.153 e. The number of nitrogens with two attached hydrogens (primary N) is 1. The van der Waals surface area contributed by atoms with Crippen LogP contribution in [0.15, 0.2) is 34.8 Å². The molecule has 2 heterocycles. The standard InChI is InChI=1S/C17H15BrF2N2O/c18-11-7-14-16(8-12(11)20)23-15-6-9(19)3-4-10(15)17-13(21)2-1-5-22(14)17/h3-4,6-8,13,17H,1-2,5,21H2/t13-,17+/m1/s1. The Kier molecular flexibility index (Phi) is 3.54. The van der Waals surface area contributed by atoms with Crippen molar-refractivity contribution in [2.45, 2.75) is 24.9 Å². The van der Waals surface area contributed by atoms with Crippen LogP contribution in [-0.4, -0.2) is 12.6 Å². The van der Waals surface area contributed by atoms with E-state index in [2.05, 4.69) is 20.8 Å². The minimum absolute atomic E-state index is 0.0914. The highest BCUT2D eigenvalue weighted by molar-refractivity contribution is 9.10. The van der Waals surface area contributed by atoms with Crippen LogP contribution in [0.25, 0.3) is 0 Å². The first-order chi connectivity index (χ1) is 11.0. The van der Waals surface area contributed by atoms with Gasteiger partial charge in [-0.05, 0) is 40.9 Å². The van der Waals surface area contributed by atoms with Crippen LogP contribution in [0.2, 0.25) is 0 Å². The summed E-state index contributed by atoms with van der Waals surface area (Å²) in [7, 11) is 0. The van der Waals surface area contributed by atoms with E-state index in [0.717, 1.165) is 30.6 Å². The summed E-state index contributed by atoms with van der Waals surface area (Å²) in [6.45, 7) is 0.795. The number of nitrogens with zero attached hydrogens (tertiary/aromatic N) is 1. The summed E-state index contributed by atoms with van der Waals surface area (Å²) in [4.78, 5) is 2.14. The SMILES string of the molecule is N[C@@H]1CCCN2c3cc(Br)c(F)cc3Oc3cc(F)ccc3[C@@H]12. The zero-order chi connectivity index (χ0) is 16.1. The average Bonchev–Trinajstić information content (AvgIpc) is 2.63. The third-order valence-corrected chi connectivity index (χ3v) is 5.11. The first kappa shape index (κ1) is 14.9. The van der Waals surface area contributed by atoms with Crippen molar-refractivity contribution in [1.29, 1.82) is 0 Å². The highest BCUT2D eigenvalue weighted by Gasteiger charge is 2.36. The number of rotatable bonds is 0. The van der Waals surface area contributed by atoms with E-state index in [1.807, 2.05) is 0 Å². The Morgan fingerprint density at radius 1 is 1.17 bits per heavy atom. The van der Waals surface area contributed by atoms with Crippen molar-refractivity contribution in [3.63, 3.8) is 0 Å². The highest BCUT2D eigenvalue weighted by atomic mass is 79.9. The van der Waals surface area contributed by atoms with Crippen molar-refractivity contribution >= 4 is 21.6 Å². The lowest BCUT2D eigenvalue weighted by molar-refractivity contribution is 0.407. The maximum atomic E-state index is 14.0. The first-order valence-corrected chi connectivity index (χ1v) is 8.32. The molecule has 2 N–H and O–H groups in total. The van der Waals surface area contributed by atoms with Crippen LogP contribution < -0.4 is 15.4 Å². The summed E-state index contributed by atoms with van der Waals surface area (Å²) in [6, 6.07) is 7.29. The summed E-state index contributed by atoms with van der Waals surface area (Å²) in [6.07, 6.45) is 1.83. The lowest BCUT2D eigenvalue weighted by Gasteiger charge is -2.40. The molecule has 0 aromatic heterocycles. The van der Waals surface area contributed by atoms with E-state index in [-0.39, 0.29) is 17.9 Å². The van der Waals surface area contributed by atoms with Gasteiger partial charge in [-0.3, -0.25) is 0 Å². The van der Waals surface area contributed by atoms with Crippen molar-refractivity contribution in [2.24, 2.45) is 5.73 Å². The predicted octanol–water partition coefficient (Wildman–Crippen LogP) is 4.50. The molecule has 1 fully saturated rings. The van der Waals surface area contributed by atoms with E-state index in [1.165, 1.54) is 18.2 Å². The number of hydrogen-bond donors (Lipinski definition) is 1. The van der Waals surface area contributed by atoms with Gasteiger partial charge in [-0.1, -0.05) is 6.07 Å². The minimum atomic E-state index is -0.415. The van der Waals surface area contributed by atoms with Crippen LogP contribution in [0, 0.1) is 11.6 Å². The molecule has 2 atom stereocenters. The molecule has 1 saturated heterocycles. The second-order valence-corrected chi connectivity index (χ2v) is 6.82. The van der Waals surface area contributed by atoms with Crippen molar-refractivity contribution in [3.05, 3.63) is 52.0 Å². The minimum Gasteiger partial charge on any atom is -0.455 e. The van der Waals surface area contributed by atoms with Gasteiger partial charge in [-0.15, -0.1) is 0 Å². The summed E-state index contributed by atoms with van der Waals surface area (Å²) in [5.41, 5.74) is 7.97. The topological polar surface area (TPSA) is 38.5 Å². The number of hydrogen-bond acceptors (Lipinski definition) is 3. The van der Waals surface area contributed by atoms with Gasteiger partial charge < -0.3 is 15.4 Å². The maximum absolute atomic E-state index is 14.0. The lowest BCUT2D eigenvalue weighted by atomic mass is 9.90. The molecule has 120 valence electrons. The van der Waals surface area contributed by atoms with Crippen LogP contribution in [0.5, 0.6) is 11.5 Å². The second-order valence-electron chi connectivity index (χ2n) is 5.96. The Labute approximate surface area is 141 Å². The average molecular weight is 381 g/mol. The quantitative estimate of drug-likeness (QED) is 0.730. The number of fused-ring (bicyclic) bond motifs is 5. The molecule has 2 aliphatic heterocycles. The van der Waals surface area contributed by atoms with E-state index in [9.17, 15) is 8.78 Å². The summed E-state index contributed by atoms with van der Waals surface area (Å²) in [5, 5.41) is 0. The normalized spacial score (nSPS) is 22.5. The molecule has 0 amide bonds. The highest BCUT2D eigenvalue weighted by Crippen LogP contribution is 2.48. The first-order valence-electron chi connectivity index (χ1n) is 7.53. The largest absolute Gasteiger partial charge is 0.455 e. The molecule has 2 aromatic rings. The van der Waals surface area contributed by atoms with Gasteiger partial charge in [0.25, 0.3) is 0 Å². The van der Waals surface area contributed by atoms with Gasteiger partial charge in [0.15, 0.2) is 5.75 Å². The summed E-state index contributed by atoms with van der Waals surface area (Å²) in [5.74, 6) is -0.0193. The molecule has 0 saturated carbocycles. The molecule has 0 unspecified atom stereocenters. The Morgan fingerprint density at radius 2 is 2.00 bits per heavy atom. The van der Waals surface area contributed by atoms with Gasteiger partial charge in [0.2, 0.25) is 0 Å². The third kappa shape index (κ3) is 2.40. The Bertz CT molecular complexity index is 783. The second kappa shape index (κ2) is 5.46. The van der Waals surface area contributed by atoms with E-state index < -0.39 is 5.82 Å². The fourth-order valence-corrected chi connectivity index (χ4v) is 3.81. The monoisotopic (exact) mass is 380 g/mol. The van der Waals surface area contributed by atoms with Crippen LogP contribution >= 0.6 is 15.9 Å². The fraction of sp³-hybridized carbons (Fsp3) is 0.294. The van der Waals surface area contributed by atoms with Crippen molar-refractivity contribution in [3.8, 4) is 11.5 Å². The van der Waals surface area contributed by atoms with Gasteiger partial charge in [0.1, 0.15) is 17.4 Å². The van der Waals surface area contributed by atoms with Gasteiger partial charge in [0, 0.05) is 30.3 Å². The zero-order valence-electron chi connectivity index (χ0n) is 12.2. The molecule has 4 rings (SSSR count). The number of ether oxygens (including phenoxy) is 1. The van der Waals surface area contributed by atoms with Crippen molar-refractivity contribution in [1.82, 2.24) is 0 Å². The van der Waals surface area contributed by atoms with Crippen molar-refractivity contribution in [2.75, 3.05) is 11.4 Å². The molecule has 0 radical (unpaired) electrons. The molecule has 2 aliphatic rings. The van der Waals surface area contributed by atoms with Crippen LogP contribution in [0.3, 0.4) is 0 Å². The number of piperidine rings is 1. The van der Waals surface area contributed by atoms with Crippen molar-refractivity contribution < 1.29 is 13.5 Å². The Hall–Kier alpha value is -1.66. The predicted molar refractivity (Wildman–Crippen MR) is 87.9 cm³/mol. The van der Waals surface area contributed by atoms with Crippen LogP contribution in [0.1, 0.15) is 24.4 Å². The van der Waals surface area contributed by atoms with E-state index in [4.69, 9.17) is 10.5 Å². The lowest BCUT2D eigenvalue weighted by Crippen LogP contribution is -2.45. The fourth-order valence-electron chi connectivity index (χ4n) is 3.48. The zero-order valence-corrected chi connectivity index (χ0v) is 13.8. The number of halogens is 3. The molecular formula is C17H15BrF2N2O. The van der Waals surface area contributed by atoms with Gasteiger partial charge >= 0.3 is 0 Å². The van der Waals surface area contributed by atoms with E-state index >= 15 is 0 Å². The molecule has 6 heteroatoms. The molecule has 0 aliphatic carbocycles. The summed E-state index contributed by atoms with van der Waals surface area (Å²) >= 11 is 3.23. The Balaban J connectivity index is 1.96. The van der Waals surface area contributed by atoms with Gasteiger partial charge in [0.05, 0.1) is 16.2 Å². The summed E-state index contributed by atoms with van der Waals surface area (Å²) < 4.78 is 33.8. The molecule has 0 bridgehead atoms.